The van der Waals surface area contributed by atoms with Crippen molar-refractivity contribution < 1.29 is 4.79 Å². The fourth-order valence-corrected chi connectivity index (χ4v) is 5.75. The van der Waals surface area contributed by atoms with Crippen molar-refractivity contribution in [1.82, 2.24) is 10.2 Å². The van der Waals surface area contributed by atoms with Crippen molar-refractivity contribution in [1.29, 1.82) is 0 Å². The minimum absolute atomic E-state index is 0.0967. The van der Waals surface area contributed by atoms with E-state index in [-0.39, 0.29) is 11.0 Å². The lowest BCUT2D eigenvalue weighted by molar-refractivity contribution is 0.102. The van der Waals surface area contributed by atoms with Gasteiger partial charge in [-0.05, 0) is 18.6 Å². The van der Waals surface area contributed by atoms with E-state index < -0.39 is 0 Å². The number of nitrogens with zero attached hydrogens (tertiary/aromatic N) is 2. The summed E-state index contributed by atoms with van der Waals surface area (Å²) < 4.78 is 1.68. The Morgan fingerprint density at radius 2 is 1.76 bits per heavy atom. The number of carbonyl (C=O) groups is 1. The molecule has 25 heavy (non-hydrogen) atoms. The number of thioether (sulfide) groups is 2. The number of aromatic nitrogens is 2. The van der Waals surface area contributed by atoms with E-state index in [2.05, 4.69) is 17.1 Å². The summed E-state index contributed by atoms with van der Waals surface area (Å²) in [5, 5.41) is 9.34. The van der Waals surface area contributed by atoms with Crippen LogP contribution in [0.4, 0.5) is 0 Å². The van der Waals surface area contributed by atoms with Gasteiger partial charge in [0.05, 0.1) is 5.75 Å². The molecule has 3 nitrogen and oxygen atoms in total. The van der Waals surface area contributed by atoms with Gasteiger partial charge in [0.25, 0.3) is 0 Å². The molecule has 0 spiro atoms. The summed E-state index contributed by atoms with van der Waals surface area (Å²) >= 11 is 10.8. The first-order valence-electron chi connectivity index (χ1n) is 7.59. The maximum atomic E-state index is 12.1. The minimum Gasteiger partial charge on any atom is -0.293 e. The summed E-state index contributed by atoms with van der Waals surface area (Å²) in [6.07, 6.45) is 0. The van der Waals surface area contributed by atoms with Crippen LogP contribution in [0.2, 0.25) is 5.02 Å². The number of rotatable bonds is 7. The Kier molecular flexibility index (Phi) is 6.53. The molecule has 0 unspecified atom stereocenters. The molecule has 1 aromatic heterocycles. The first kappa shape index (κ1) is 18.5. The number of ketones is 1. The largest absolute Gasteiger partial charge is 0.293 e. The van der Waals surface area contributed by atoms with Crippen molar-refractivity contribution >= 4 is 52.2 Å². The third kappa shape index (κ3) is 5.07. The highest BCUT2D eigenvalue weighted by Crippen LogP contribution is 2.40. The number of carbonyl (C=O) groups excluding carboxylic acids is 1. The van der Waals surface area contributed by atoms with Gasteiger partial charge in [-0.25, -0.2) is 0 Å². The quantitative estimate of drug-likeness (QED) is 0.354. The highest BCUT2D eigenvalue weighted by molar-refractivity contribution is 8.03. The maximum absolute atomic E-state index is 12.1. The number of benzene rings is 2. The van der Waals surface area contributed by atoms with Gasteiger partial charge in [0, 0.05) is 15.8 Å². The van der Waals surface area contributed by atoms with E-state index in [9.17, 15) is 4.79 Å². The average Bonchev–Trinajstić information content (AvgIpc) is 3.08. The van der Waals surface area contributed by atoms with Crippen LogP contribution in [-0.2, 0) is 0 Å². The molecule has 0 bridgehead atoms. The van der Waals surface area contributed by atoms with Gasteiger partial charge < -0.3 is 0 Å². The zero-order valence-electron chi connectivity index (χ0n) is 13.4. The number of Topliss-reactive ketones (excluding diaryl/α,β-unsaturated/α-hetero) is 1. The molecule has 0 N–H and O–H groups in total. The van der Waals surface area contributed by atoms with Crippen molar-refractivity contribution in [2.24, 2.45) is 0 Å². The zero-order chi connectivity index (χ0) is 17.6. The molecule has 0 saturated carbocycles. The summed E-state index contributed by atoms with van der Waals surface area (Å²) in [4.78, 5) is 12.1. The van der Waals surface area contributed by atoms with Gasteiger partial charge in [-0.1, -0.05) is 95.0 Å². The Morgan fingerprint density at radius 1 is 1.08 bits per heavy atom. The summed E-state index contributed by atoms with van der Waals surface area (Å²) in [5.74, 6) is 0.461. The normalized spacial score (nSPS) is 12.1. The van der Waals surface area contributed by atoms with Crippen LogP contribution in [0.25, 0.3) is 0 Å². The number of hydrogen-bond donors (Lipinski definition) is 0. The van der Waals surface area contributed by atoms with E-state index in [0.29, 0.717) is 5.75 Å². The molecule has 2 aromatic carbocycles. The second kappa shape index (κ2) is 8.85. The topological polar surface area (TPSA) is 42.9 Å². The molecule has 0 aliphatic heterocycles. The van der Waals surface area contributed by atoms with Gasteiger partial charge in [-0.15, -0.1) is 10.2 Å². The zero-order valence-corrected chi connectivity index (χ0v) is 16.6. The van der Waals surface area contributed by atoms with Crippen LogP contribution in [0.1, 0.15) is 28.1 Å². The van der Waals surface area contributed by atoms with Gasteiger partial charge in [-0.2, -0.15) is 0 Å². The molecule has 0 amide bonds. The summed E-state index contributed by atoms with van der Waals surface area (Å²) in [5.41, 5.74) is 1.80. The van der Waals surface area contributed by atoms with Gasteiger partial charge in [0.15, 0.2) is 14.5 Å². The third-order valence-corrected chi connectivity index (χ3v) is 7.06. The monoisotopic (exact) mass is 406 g/mol. The number of hydrogen-bond acceptors (Lipinski definition) is 6. The lowest BCUT2D eigenvalue weighted by atomic mass is 10.2. The SMILES string of the molecule is C[C@H](Sc1nnc(SCC(=O)c2ccccc2)s1)c1ccccc1Cl. The van der Waals surface area contributed by atoms with E-state index >= 15 is 0 Å². The third-order valence-electron chi connectivity index (χ3n) is 3.43. The Morgan fingerprint density at radius 3 is 2.52 bits per heavy atom. The second-order valence-corrected chi connectivity index (χ2v) is 9.39. The van der Waals surface area contributed by atoms with Gasteiger partial charge in [-0.3, -0.25) is 4.79 Å². The van der Waals surface area contributed by atoms with E-state index in [1.807, 2.05) is 54.6 Å². The summed E-state index contributed by atoms with van der Waals surface area (Å²) in [6.45, 7) is 2.10. The fourth-order valence-electron chi connectivity index (χ4n) is 2.16. The predicted octanol–water partition coefficient (Wildman–Crippen LogP) is 6.02. The molecular formula is C18H15ClN2OS3. The minimum atomic E-state index is 0.0967. The van der Waals surface area contributed by atoms with E-state index in [4.69, 9.17) is 11.6 Å². The van der Waals surface area contributed by atoms with Crippen molar-refractivity contribution in [3.8, 4) is 0 Å². The van der Waals surface area contributed by atoms with Crippen LogP contribution in [0, 0.1) is 0 Å². The molecule has 3 rings (SSSR count). The van der Waals surface area contributed by atoms with Crippen molar-refractivity contribution in [3.05, 3.63) is 70.7 Å². The molecule has 128 valence electrons. The first-order chi connectivity index (χ1) is 12.1. The van der Waals surface area contributed by atoms with Crippen LogP contribution < -0.4 is 0 Å². The predicted molar refractivity (Wildman–Crippen MR) is 107 cm³/mol. The Hall–Kier alpha value is -1.34. The maximum Gasteiger partial charge on any atom is 0.175 e. The lowest BCUT2D eigenvalue weighted by Gasteiger charge is -2.10. The van der Waals surface area contributed by atoms with Gasteiger partial charge in [0.2, 0.25) is 0 Å². The average molecular weight is 407 g/mol. The van der Waals surface area contributed by atoms with E-state index in [1.165, 1.54) is 23.1 Å². The molecular weight excluding hydrogens is 392 g/mol. The fraction of sp³-hybridized carbons (Fsp3) is 0.167. The summed E-state index contributed by atoms with van der Waals surface area (Å²) in [7, 11) is 0. The molecule has 3 aromatic rings. The molecule has 0 aliphatic rings. The van der Waals surface area contributed by atoms with E-state index in [1.54, 1.807) is 11.8 Å². The smallest absolute Gasteiger partial charge is 0.175 e. The van der Waals surface area contributed by atoms with Crippen molar-refractivity contribution in [2.45, 2.75) is 20.9 Å². The van der Waals surface area contributed by atoms with Crippen molar-refractivity contribution in [2.75, 3.05) is 5.75 Å². The highest BCUT2D eigenvalue weighted by Gasteiger charge is 2.15. The molecule has 0 aliphatic carbocycles. The second-order valence-electron chi connectivity index (χ2n) is 5.19. The standard InChI is InChI=1S/C18H15ClN2OS3/c1-12(14-9-5-6-10-15(14)19)24-18-21-20-17(25-18)23-11-16(22)13-7-3-2-4-8-13/h2-10,12H,11H2,1H3/t12-/m0/s1. The Balaban J connectivity index is 1.57. The Bertz CT molecular complexity index is 854. The van der Waals surface area contributed by atoms with Crippen LogP contribution in [0.15, 0.2) is 63.3 Å². The van der Waals surface area contributed by atoms with Gasteiger partial charge in [0.1, 0.15) is 0 Å². The van der Waals surface area contributed by atoms with Crippen molar-refractivity contribution in [3.63, 3.8) is 0 Å². The van der Waals surface area contributed by atoms with Crippen LogP contribution in [0.3, 0.4) is 0 Å². The van der Waals surface area contributed by atoms with Crippen LogP contribution in [-0.4, -0.2) is 21.7 Å². The highest BCUT2D eigenvalue weighted by atomic mass is 35.5. The lowest BCUT2D eigenvalue weighted by Crippen LogP contribution is -2.01. The molecule has 0 radical (unpaired) electrons. The van der Waals surface area contributed by atoms with Gasteiger partial charge >= 0.3 is 0 Å². The molecule has 1 heterocycles. The molecule has 7 heteroatoms. The molecule has 1 atom stereocenters. The van der Waals surface area contributed by atoms with Crippen LogP contribution in [0.5, 0.6) is 0 Å². The van der Waals surface area contributed by atoms with Crippen LogP contribution >= 0.6 is 46.5 Å². The van der Waals surface area contributed by atoms with E-state index in [0.717, 1.165) is 24.8 Å². The Labute approximate surface area is 164 Å². The molecule has 0 saturated heterocycles. The number of halogens is 1. The summed E-state index contributed by atoms with van der Waals surface area (Å²) in [6, 6.07) is 17.1. The first-order valence-corrected chi connectivity index (χ1v) is 10.6. The molecule has 0 fully saturated rings.